The van der Waals surface area contributed by atoms with Crippen molar-refractivity contribution in [2.75, 3.05) is 13.2 Å². The Morgan fingerprint density at radius 1 is 0.958 bits per heavy atom. The summed E-state index contributed by atoms with van der Waals surface area (Å²) < 4.78 is 4.86. The van der Waals surface area contributed by atoms with Gasteiger partial charge >= 0.3 is 5.97 Å². The van der Waals surface area contributed by atoms with Crippen LogP contribution in [0.25, 0.3) is 0 Å². The van der Waals surface area contributed by atoms with Crippen LogP contribution in [0, 0.1) is 6.92 Å². The molecule has 124 valence electrons. The zero-order chi connectivity index (χ0) is 17.5. The summed E-state index contributed by atoms with van der Waals surface area (Å²) in [6.45, 7) is 1.22. The van der Waals surface area contributed by atoms with Crippen molar-refractivity contribution < 1.29 is 19.1 Å². The molecule has 1 N–H and O–H groups in total. The molecule has 0 unspecified atom stereocenters. The zero-order valence-electron chi connectivity index (χ0n) is 13.0. The third kappa shape index (κ3) is 5.21. The third-order valence-corrected chi connectivity index (χ3v) is 3.49. The molecule has 2 rings (SSSR count). The van der Waals surface area contributed by atoms with E-state index in [9.17, 15) is 14.4 Å². The van der Waals surface area contributed by atoms with Gasteiger partial charge in [-0.1, -0.05) is 29.3 Å². The van der Waals surface area contributed by atoms with Crippen LogP contribution in [-0.2, 0) is 9.53 Å². The molecule has 6 heteroatoms. The predicted molar refractivity (Wildman–Crippen MR) is 90.3 cm³/mol. The second-order valence-electron chi connectivity index (χ2n) is 5.14. The summed E-state index contributed by atoms with van der Waals surface area (Å²) in [4.78, 5) is 35.3. The molecule has 0 saturated heterocycles. The molecule has 24 heavy (non-hydrogen) atoms. The Bertz CT molecular complexity index is 675. The maximum atomic E-state index is 11.9. The van der Waals surface area contributed by atoms with E-state index in [4.69, 9.17) is 16.3 Å². The van der Waals surface area contributed by atoms with Gasteiger partial charge in [-0.2, -0.15) is 0 Å². The smallest absolute Gasteiger partial charge is 0.325 e. The minimum absolute atomic E-state index is 0.305. The van der Waals surface area contributed by atoms with Crippen LogP contribution in [0.5, 0.6) is 0 Å². The van der Waals surface area contributed by atoms with Crippen LogP contribution < -0.4 is 5.32 Å². The summed E-state index contributed by atoms with van der Waals surface area (Å²) in [6.07, 6.45) is 0. The van der Waals surface area contributed by atoms with E-state index in [2.05, 4.69) is 5.32 Å². The maximum Gasteiger partial charge on any atom is 0.325 e. The van der Waals surface area contributed by atoms with Gasteiger partial charge in [0.1, 0.15) is 6.54 Å². The average molecular weight is 346 g/mol. The van der Waals surface area contributed by atoms with Gasteiger partial charge in [-0.3, -0.25) is 14.4 Å². The molecular formula is C18H16ClNO4. The molecule has 0 fully saturated rings. The fourth-order valence-electron chi connectivity index (χ4n) is 1.88. The van der Waals surface area contributed by atoms with Gasteiger partial charge in [-0.25, -0.2) is 0 Å². The predicted octanol–water partition coefficient (Wildman–Crippen LogP) is 2.80. The van der Waals surface area contributed by atoms with E-state index >= 15 is 0 Å². The number of aryl methyl sites for hydroxylation is 1. The molecule has 0 bridgehead atoms. The number of carbonyl (C=O) groups is 3. The second kappa shape index (κ2) is 8.26. The summed E-state index contributed by atoms with van der Waals surface area (Å²) in [5.74, 6) is -1.40. The van der Waals surface area contributed by atoms with Crippen molar-refractivity contribution in [2.24, 2.45) is 0 Å². The summed E-state index contributed by atoms with van der Waals surface area (Å²) in [7, 11) is 0. The molecule has 2 aromatic carbocycles. The number of hydrogen-bond acceptors (Lipinski definition) is 4. The van der Waals surface area contributed by atoms with Gasteiger partial charge in [0, 0.05) is 16.1 Å². The zero-order valence-corrected chi connectivity index (χ0v) is 13.8. The molecule has 0 aromatic heterocycles. The first-order valence-corrected chi connectivity index (χ1v) is 7.63. The van der Waals surface area contributed by atoms with E-state index in [1.54, 1.807) is 48.5 Å². The first-order valence-electron chi connectivity index (χ1n) is 7.25. The van der Waals surface area contributed by atoms with Crippen molar-refractivity contribution in [3.63, 3.8) is 0 Å². The van der Waals surface area contributed by atoms with Crippen LogP contribution in [-0.4, -0.2) is 30.8 Å². The fraction of sp³-hybridized carbons (Fsp3) is 0.167. The Kier molecular flexibility index (Phi) is 6.09. The Morgan fingerprint density at radius 3 is 2.17 bits per heavy atom. The number of amides is 1. The van der Waals surface area contributed by atoms with Gasteiger partial charge in [0.25, 0.3) is 5.91 Å². The van der Waals surface area contributed by atoms with E-state index in [1.807, 2.05) is 6.92 Å². The van der Waals surface area contributed by atoms with Gasteiger partial charge in [0.05, 0.1) is 0 Å². The normalized spacial score (nSPS) is 10.1. The largest absolute Gasteiger partial charge is 0.456 e. The van der Waals surface area contributed by atoms with E-state index in [1.165, 1.54) is 0 Å². The lowest BCUT2D eigenvalue weighted by molar-refractivity contribution is -0.141. The number of carbonyl (C=O) groups excluding carboxylic acids is 3. The molecule has 0 saturated carbocycles. The molecule has 1 amide bonds. The first kappa shape index (κ1) is 17.7. The van der Waals surface area contributed by atoms with Crippen molar-refractivity contribution in [2.45, 2.75) is 6.92 Å². The van der Waals surface area contributed by atoms with Gasteiger partial charge in [-0.05, 0) is 43.3 Å². The molecule has 0 atom stereocenters. The number of rotatable bonds is 6. The second-order valence-corrected chi connectivity index (χ2v) is 5.58. The van der Waals surface area contributed by atoms with E-state index < -0.39 is 5.97 Å². The topological polar surface area (TPSA) is 72.5 Å². The van der Waals surface area contributed by atoms with Crippen LogP contribution >= 0.6 is 11.6 Å². The number of ether oxygens (including phenoxy) is 1. The Hall–Kier alpha value is -2.66. The van der Waals surface area contributed by atoms with E-state index in [0.29, 0.717) is 16.1 Å². The lowest BCUT2D eigenvalue weighted by Crippen LogP contribution is -2.31. The molecule has 2 aromatic rings. The standard InChI is InChI=1S/C18H16ClNO4/c1-12-2-4-14(5-3-12)18(23)20-10-17(22)24-11-16(21)13-6-8-15(19)9-7-13/h2-9H,10-11H2,1H3,(H,20,23). The van der Waals surface area contributed by atoms with Crippen molar-refractivity contribution in [1.29, 1.82) is 0 Å². The summed E-state index contributed by atoms with van der Waals surface area (Å²) >= 11 is 5.74. The molecule has 0 spiro atoms. The summed E-state index contributed by atoms with van der Waals surface area (Å²) in [5.41, 5.74) is 1.88. The Labute approximate surface area is 144 Å². The molecule has 0 heterocycles. The quantitative estimate of drug-likeness (QED) is 0.645. The number of hydrogen-bond donors (Lipinski definition) is 1. The van der Waals surface area contributed by atoms with Crippen LogP contribution in [0.15, 0.2) is 48.5 Å². The Morgan fingerprint density at radius 2 is 1.54 bits per heavy atom. The lowest BCUT2D eigenvalue weighted by Gasteiger charge is -2.06. The van der Waals surface area contributed by atoms with Gasteiger partial charge in [-0.15, -0.1) is 0 Å². The number of esters is 1. The van der Waals surface area contributed by atoms with E-state index in [0.717, 1.165) is 5.56 Å². The average Bonchev–Trinajstić information content (AvgIpc) is 2.58. The van der Waals surface area contributed by atoms with Crippen molar-refractivity contribution in [1.82, 2.24) is 5.32 Å². The van der Waals surface area contributed by atoms with Crippen molar-refractivity contribution in [3.05, 3.63) is 70.2 Å². The van der Waals surface area contributed by atoms with Crippen LogP contribution in [0.4, 0.5) is 0 Å². The number of nitrogens with one attached hydrogen (secondary N) is 1. The van der Waals surface area contributed by atoms with Gasteiger partial charge in [0.15, 0.2) is 12.4 Å². The van der Waals surface area contributed by atoms with Crippen LogP contribution in [0.3, 0.4) is 0 Å². The first-order chi connectivity index (χ1) is 11.5. The summed E-state index contributed by atoms with van der Waals surface area (Å²) in [5, 5.41) is 2.96. The van der Waals surface area contributed by atoms with E-state index in [-0.39, 0.29) is 24.8 Å². The highest BCUT2D eigenvalue weighted by Crippen LogP contribution is 2.10. The Balaban J connectivity index is 1.77. The lowest BCUT2D eigenvalue weighted by atomic mass is 10.1. The molecule has 0 aliphatic carbocycles. The highest BCUT2D eigenvalue weighted by molar-refractivity contribution is 6.30. The molecule has 0 aliphatic heterocycles. The molecule has 5 nitrogen and oxygen atoms in total. The number of Topliss-reactive ketones (excluding diaryl/α,β-unsaturated/α-hetero) is 1. The molecule has 0 radical (unpaired) electrons. The number of halogens is 1. The fourth-order valence-corrected chi connectivity index (χ4v) is 2.00. The highest BCUT2D eigenvalue weighted by Gasteiger charge is 2.12. The monoisotopic (exact) mass is 345 g/mol. The molecule has 0 aliphatic rings. The van der Waals surface area contributed by atoms with Gasteiger partial charge < -0.3 is 10.1 Å². The number of benzene rings is 2. The van der Waals surface area contributed by atoms with Crippen molar-refractivity contribution >= 4 is 29.3 Å². The highest BCUT2D eigenvalue weighted by atomic mass is 35.5. The minimum atomic E-state index is -0.683. The minimum Gasteiger partial charge on any atom is -0.456 e. The van der Waals surface area contributed by atoms with Crippen LogP contribution in [0.1, 0.15) is 26.3 Å². The van der Waals surface area contributed by atoms with Crippen LogP contribution in [0.2, 0.25) is 5.02 Å². The van der Waals surface area contributed by atoms with Gasteiger partial charge in [0.2, 0.25) is 0 Å². The number of ketones is 1. The maximum absolute atomic E-state index is 11.9. The summed E-state index contributed by atoms with van der Waals surface area (Å²) in [6, 6.07) is 13.2. The molecular weight excluding hydrogens is 330 g/mol. The third-order valence-electron chi connectivity index (χ3n) is 3.24. The SMILES string of the molecule is Cc1ccc(C(=O)NCC(=O)OCC(=O)c2ccc(Cl)cc2)cc1. The van der Waals surface area contributed by atoms with Crippen molar-refractivity contribution in [3.8, 4) is 0 Å².